The third kappa shape index (κ3) is 4.40. The monoisotopic (exact) mass is 466 g/mol. The fraction of sp³-hybridized carbons (Fsp3) is 0.174. The standard InChI is InChI=1S/C23H22N4O3S2/c1-3-16-12-7-9-15(2)20(16)24-23(28)21(17-10-5-4-6-11-17)27-32(29,30)19-14-8-13-18-22(19)26-31-25-18/h4-14,21,27H,3H2,1-2H3,(H,24,28)/t21-/m0/s1. The molecule has 0 spiro atoms. The SMILES string of the molecule is CCc1cccc(C)c1NC(=O)[C@@H](NS(=O)(=O)c1cccc2nsnc12)c1ccccc1. The minimum absolute atomic E-state index is 0.0115. The maximum Gasteiger partial charge on any atom is 0.247 e. The molecule has 0 unspecified atom stereocenters. The van der Waals surface area contributed by atoms with Gasteiger partial charge in [-0.3, -0.25) is 4.79 Å². The first-order valence-electron chi connectivity index (χ1n) is 10.1. The van der Waals surface area contributed by atoms with Gasteiger partial charge in [0.25, 0.3) is 0 Å². The van der Waals surface area contributed by atoms with Crippen molar-refractivity contribution in [3.8, 4) is 0 Å². The molecule has 4 rings (SSSR count). The molecule has 3 aromatic carbocycles. The summed E-state index contributed by atoms with van der Waals surface area (Å²) in [6.07, 6.45) is 0.734. The molecule has 0 radical (unpaired) electrons. The van der Waals surface area contributed by atoms with Crippen LogP contribution in [0.1, 0.15) is 29.7 Å². The highest BCUT2D eigenvalue weighted by atomic mass is 32.2. The van der Waals surface area contributed by atoms with Gasteiger partial charge in [0.2, 0.25) is 15.9 Å². The third-order valence-electron chi connectivity index (χ3n) is 5.19. The van der Waals surface area contributed by atoms with Crippen LogP contribution in [0.3, 0.4) is 0 Å². The number of para-hydroxylation sites is 1. The number of benzene rings is 3. The molecule has 0 aliphatic rings. The van der Waals surface area contributed by atoms with Gasteiger partial charge in [0, 0.05) is 5.69 Å². The van der Waals surface area contributed by atoms with Gasteiger partial charge in [0.15, 0.2) is 0 Å². The van der Waals surface area contributed by atoms with Crippen LogP contribution >= 0.6 is 11.7 Å². The van der Waals surface area contributed by atoms with Crippen molar-refractivity contribution >= 4 is 44.4 Å². The maximum atomic E-state index is 13.4. The molecule has 0 saturated heterocycles. The number of sulfonamides is 1. The van der Waals surface area contributed by atoms with E-state index in [0.717, 1.165) is 29.3 Å². The van der Waals surface area contributed by atoms with Crippen LogP contribution in [0.15, 0.2) is 71.6 Å². The van der Waals surface area contributed by atoms with Crippen molar-refractivity contribution in [3.63, 3.8) is 0 Å². The van der Waals surface area contributed by atoms with Gasteiger partial charge in [0.05, 0.1) is 11.7 Å². The van der Waals surface area contributed by atoms with Crippen LogP contribution in [0, 0.1) is 6.92 Å². The van der Waals surface area contributed by atoms with Crippen molar-refractivity contribution in [2.45, 2.75) is 31.2 Å². The number of anilines is 1. The molecule has 0 aliphatic heterocycles. The molecule has 4 aromatic rings. The van der Waals surface area contributed by atoms with E-state index in [9.17, 15) is 13.2 Å². The second-order valence-electron chi connectivity index (χ2n) is 7.30. The predicted octanol–water partition coefficient (Wildman–Crippen LogP) is 4.22. The lowest BCUT2D eigenvalue weighted by Crippen LogP contribution is -2.37. The molecular weight excluding hydrogens is 444 g/mol. The molecule has 9 heteroatoms. The minimum Gasteiger partial charge on any atom is -0.324 e. The van der Waals surface area contributed by atoms with Gasteiger partial charge >= 0.3 is 0 Å². The first-order chi connectivity index (χ1) is 15.4. The number of carbonyl (C=O) groups excluding carboxylic acids is 1. The highest BCUT2D eigenvalue weighted by Crippen LogP contribution is 2.26. The Morgan fingerprint density at radius 3 is 2.50 bits per heavy atom. The molecule has 7 nitrogen and oxygen atoms in total. The number of carbonyl (C=O) groups is 1. The summed E-state index contributed by atoms with van der Waals surface area (Å²) >= 11 is 0.941. The number of nitrogens with zero attached hydrogens (tertiary/aromatic N) is 2. The van der Waals surface area contributed by atoms with E-state index in [0.29, 0.717) is 16.8 Å². The van der Waals surface area contributed by atoms with E-state index < -0.39 is 22.0 Å². The Bertz CT molecular complexity index is 1370. The predicted molar refractivity (Wildman–Crippen MR) is 126 cm³/mol. The fourth-order valence-electron chi connectivity index (χ4n) is 3.53. The lowest BCUT2D eigenvalue weighted by Gasteiger charge is -2.21. The number of hydrogen-bond acceptors (Lipinski definition) is 6. The smallest absolute Gasteiger partial charge is 0.247 e. The fourth-order valence-corrected chi connectivity index (χ4v) is 5.48. The van der Waals surface area contributed by atoms with Gasteiger partial charge in [-0.1, -0.05) is 61.5 Å². The maximum absolute atomic E-state index is 13.4. The van der Waals surface area contributed by atoms with Crippen molar-refractivity contribution < 1.29 is 13.2 Å². The van der Waals surface area contributed by atoms with Crippen LogP contribution in [0.25, 0.3) is 11.0 Å². The highest BCUT2D eigenvalue weighted by Gasteiger charge is 2.29. The number of aryl methyl sites for hydroxylation is 2. The van der Waals surface area contributed by atoms with Crippen molar-refractivity contribution in [1.29, 1.82) is 0 Å². The van der Waals surface area contributed by atoms with Crippen LogP contribution in [0.5, 0.6) is 0 Å². The molecule has 0 aliphatic carbocycles. The summed E-state index contributed by atoms with van der Waals surface area (Å²) in [5, 5.41) is 2.94. The number of nitrogens with one attached hydrogen (secondary N) is 2. The first kappa shape index (κ1) is 22.1. The Balaban J connectivity index is 1.72. The number of amides is 1. The van der Waals surface area contributed by atoms with Crippen LogP contribution < -0.4 is 10.0 Å². The molecule has 1 aromatic heterocycles. The zero-order valence-corrected chi connectivity index (χ0v) is 19.2. The third-order valence-corrected chi connectivity index (χ3v) is 7.19. The largest absolute Gasteiger partial charge is 0.324 e. The quantitative estimate of drug-likeness (QED) is 0.425. The number of rotatable bonds is 7. The summed E-state index contributed by atoms with van der Waals surface area (Å²) in [5.41, 5.74) is 3.89. The normalized spacial score (nSPS) is 12.6. The highest BCUT2D eigenvalue weighted by molar-refractivity contribution is 7.89. The van der Waals surface area contributed by atoms with Crippen molar-refractivity contribution in [2.24, 2.45) is 0 Å². The van der Waals surface area contributed by atoms with Crippen molar-refractivity contribution in [2.75, 3.05) is 5.32 Å². The second-order valence-corrected chi connectivity index (χ2v) is 9.52. The van der Waals surface area contributed by atoms with Gasteiger partial charge in [0.1, 0.15) is 22.0 Å². The zero-order chi connectivity index (χ0) is 22.7. The van der Waals surface area contributed by atoms with Gasteiger partial charge < -0.3 is 5.32 Å². The van der Waals surface area contributed by atoms with E-state index in [4.69, 9.17) is 0 Å². The van der Waals surface area contributed by atoms with E-state index in [1.807, 2.05) is 38.1 Å². The average molecular weight is 467 g/mol. The van der Waals surface area contributed by atoms with E-state index in [1.165, 1.54) is 6.07 Å². The van der Waals surface area contributed by atoms with Crippen molar-refractivity contribution in [3.05, 3.63) is 83.4 Å². The summed E-state index contributed by atoms with van der Waals surface area (Å²) in [6, 6.07) is 18.2. The Morgan fingerprint density at radius 2 is 1.75 bits per heavy atom. The van der Waals surface area contributed by atoms with Crippen LogP contribution in [-0.4, -0.2) is 23.1 Å². The molecule has 164 valence electrons. The number of hydrogen-bond donors (Lipinski definition) is 2. The van der Waals surface area contributed by atoms with Gasteiger partial charge in [-0.05, 0) is 42.2 Å². The summed E-state index contributed by atoms with van der Waals surface area (Å²) in [5.74, 6) is -0.465. The van der Waals surface area contributed by atoms with Gasteiger partial charge in [-0.15, -0.1) is 0 Å². The Kier molecular flexibility index (Phi) is 6.31. The molecule has 1 atom stereocenters. The van der Waals surface area contributed by atoms with Crippen LogP contribution in [0.2, 0.25) is 0 Å². The summed E-state index contributed by atoms with van der Waals surface area (Å²) in [4.78, 5) is 13.4. The Morgan fingerprint density at radius 1 is 1.00 bits per heavy atom. The van der Waals surface area contributed by atoms with E-state index in [1.54, 1.807) is 36.4 Å². The van der Waals surface area contributed by atoms with Gasteiger partial charge in [-0.2, -0.15) is 13.5 Å². The molecule has 32 heavy (non-hydrogen) atoms. The molecule has 0 bridgehead atoms. The van der Waals surface area contributed by atoms with Crippen LogP contribution in [0.4, 0.5) is 5.69 Å². The molecule has 1 heterocycles. The first-order valence-corrected chi connectivity index (χ1v) is 12.3. The average Bonchev–Trinajstić information content (AvgIpc) is 3.28. The van der Waals surface area contributed by atoms with E-state index in [-0.39, 0.29) is 10.4 Å². The van der Waals surface area contributed by atoms with Crippen LogP contribution in [-0.2, 0) is 21.2 Å². The number of fused-ring (bicyclic) bond motifs is 1. The van der Waals surface area contributed by atoms with E-state index in [2.05, 4.69) is 18.8 Å². The molecule has 1 amide bonds. The molecule has 2 N–H and O–H groups in total. The summed E-state index contributed by atoms with van der Waals surface area (Å²) in [7, 11) is -4.07. The Hall–Kier alpha value is -3.14. The molecule has 0 fully saturated rings. The summed E-state index contributed by atoms with van der Waals surface area (Å²) < 4.78 is 37.5. The van der Waals surface area contributed by atoms with Gasteiger partial charge in [-0.25, -0.2) is 8.42 Å². The minimum atomic E-state index is -4.07. The topological polar surface area (TPSA) is 101 Å². The lowest BCUT2D eigenvalue weighted by atomic mass is 10.0. The van der Waals surface area contributed by atoms with E-state index >= 15 is 0 Å². The summed E-state index contributed by atoms with van der Waals surface area (Å²) in [6.45, 7) is 3.91. The number of aromatic nitrogens is 2. The van der Waals surface area contributed by atoms with Crippen molar-refractivity contribution in [1.82, 2.24) is 13.5 Å². The molecule has 0 saturated carbocycles. The zero-order valence-electron chi connectivity index (χ0n) is 17.6. The Labute approximate surface area is 190 Å². The lowest BCUT2D eigenvalue weighted by molar-refractivity contribution is -0.117. The second kappa shape index (κ2) is 9.15. The molecular formula is C23H22N4O3S2.